The van der Waals surface area contributed by atoms with Gasteiger partial charge in [0.15, 0.2) is 0 Å². The predicted molar refractivity (Wildman–Crippen MR) is 85.5 cm³/mol. The zero-order valence-corrected chi connectivity index (χ0v) is 12.8. The van der Waals surface area contributed by atoms with Gasteiger partial charge in [0.2, 0.25) is 5.88 Å². The molecular weight excluding hydrogens is 264 g/mol. The van der Waals surface area contributed by atoms with E-state index in [4.69, 9.17) is 10.5 Å². The van der Waals surface area contributed by atoms with Crippen molar-refractivity contribution in [3.63, 3.8) is 0 Å². The first-order chi connectivity index (χ1) is 10.1. The van der Waals surface area contributed by atoms with E-state index < -0.39 is 0 Å². The quantitative estimate of drug-likeness (QED) is 0.827. The van der Waals surface area contributed by atoms with Gasteiger partial charge in [-0.25, -0.2) is 4.98 Å². The Labute approximate surface area is 125 Å². The van der Waals surface area contributed by atoms with Crippen molar-refractivity contribution in [2.45, 2.75) is 27.3 Å². The lowest BCUT2D eigenvalue weighted by atomic mass is 10.2. The van der Waals surface area contributed by atoms with E-state index >= 15 is 0 Å². The summed E-state index contributed by atoms with van der Waals surface area (Å²) in [7, 11) is 0. The molecule has 2 rings (SSSR count). The average molecular weight is 286 g/mol. The monoisotopic (exact) mass is 286 g/mol. The molecule has 0 aliphatic rings. The Morgan fingerprint density at radius 1 is 1.14 bits per heavy atom. The highest BCUT2D eigenvalue weighted by molar-refractivity contribution is 5.44. The standard InChI is InChI=1S/C16H22N4O/c1-4-20(11-13-6-8-14(17)9-7-13)15-10-16(21-5-2)19-12(3)18-15/h6-10H,4-5,11,17H2,1-3H3. The normalized spacial score (nSPS) is 10.4. The maximum Gasteiger partial charge on any atom is 0.218 e. The highest BCUT2D eigenvalue weighted by Crippen LogP contribution is 2.20. The molecule has 0 aliphatic heterocycles. The number of anilines is 2. The predicted octanol–water partition coefficient (Wildman–Crippen LogP) is 2.79. The van der Waals surface area contributed by atoms with Crippen molar-refractivity contribution >= 4 is 11.5 Å². The Bertz CT molecular complexity index is 583. The van der Waals surface area contributed by atoms with E-state index in [0.717, 1.165) is 24.6 Å². The van der Waals surface area contributed by atoms with Gasteiger partial charge >= 0.3 is 0 Å². The number of aromatic nitrogens is 2. The molecule has 0 amide bonds. The highest BCUT2D eigenvalue weighted by Gasteiger charge is 2.10. The fourth-order valence-corrected chi connectivity index (χ4v) is 2.11. The molecule has 21 heavy (non-hydrogen) atoms. The summed E-state index contributed by atoms with van der Waals surface area (Å²) in [6, 6.07) is 9.79. The largest absolute Gasteiger partial charge is 0.478 e. The van der Waals surface area contributed by atoms with Crippen LogP contribution < -0.4 is 15.4 Å². The smallest absolute Gasteiger partial charge is 0.218 e. The second-order valence-electron chi connectivity index (χ2n) is 4.80. The lowest BCUT2D eigenvalue weighted by Gasteiger charge is -2.22. The fraction of sp³-hybridized carbons (Fsp3) is 0.375. The molecule has 0 fully saturated rings. The van der Waals surface area contributed by atoms with Crippen molar-refractivity contribution in [2.75, 3.05) is 23.8 Å². The van der Waals surface area contributed by atoms with Gasteiger partial charge in [0.05, 0.1) is 6.61 Å². The number of aryl methyl sites for hydroxylation is 1. The molecule has 1 heterocycles. The zero-order valence-electron chi connectivity index (χ0n) is 12.8. The first kappa shape index (κ1) is 15.1. The summed E-state index contributed by atoms with van der Waals surface area (Å²) in [6.45, 7) is 8.16. The van der Waals surface area contributed by atoms with Crippen LogP contribution in [0, 0.1) is 6.92 Å². The minimum absolute atomic E-state index is 0.597. The molecule has 0 aliphatic carbocycles. The van der Waals surface area contributed by atoms with Crippen LogP contribution in [0.3, 0.4) is 0 Å². The molecule has 0 bridgehead atoms. The second kappa shape index (κ2) is 6.92. The summed E-state index contributed by atoms with van der Waals surface area (Å²) in [6.07, 6.45) is 0. The van der Waals surface area contributed by atoms with Crippen molar-refractivity contribution in [3.8, 4) is 5.88 Å². The van der Waals surface area contributed by atoms with Crippen LogP contribution >= 0.6 is 0 Å². The molecule has 0 spiro atoms. The first-order valence-corrected chi connectivity index (χ1v) is 7.20. The molecule has 0 unspecified atom stereocenters. The number of ether oxygens (including phenoxy) is 1. The Morgan fingerprint density at radius 3 is 2.48 bits per heavy atom. The highest BCUT2D eigenvalue weighted by atomic mass is 16.5. The van der Waals surface area contributed by atoms with Crippen LogP contribution in [-0.4, -0.2) is 23.1 Å². The summed E-state index contributed by atoms with van der Waals surface area (Å²) in [5.74, 6) is 2.22. The Balaban J connectivity index is 2.22. The first-order valence-electron chi connectivity index (χ1n) is 7.20. The molecule has 5 heteroatoms. The molecule has 0 saturated heterocycles. The van der Waals surface area contributed by atoms with E-state index in [1.54, 1.807) is 0 Å². The molecule has 5 nitrogen and oxygen atoms in total. The van der Waals surface area contributed by atoms with Gasteiger partial charge in [-0.2, -0.15) is 4.98 Å². The number of hydrogen-bond donors (Lipinski definition) is 1. The lowest BCUT2D eigenvalue weighted by molar-refractivity contribution is 0.325. The van der Waals surface area contributed by atoms with Crippen LogP contribution in [0.4, 0.5) is 11.5 Å². The topological polar surface area (TPSA) is 64.3 Å². The minimum Gasteiger partial charge on any atom is -0.478 e. The van der Waals surface area contributed by atoms with E-state index in [9.17, 15) is 0 Å². The average Bonchev–Trinajstić information content (AvgIpc) is 2.46. The Kier molecular flexibility index (Phi) is 4.98. The van der Waals surface area contributed by atoms with Crippen molar-refractivity contribution in [1.82, 2.24) is 9.97 Å². The maximum atomic E-state index is 5.72. The lowest BCUT2D eigenvalue weighted by Crippen LogP contribution is -2.23. The molecule has 2 aromatic rings. The van der Waals surface area contributed by atoms with Crippen molar-refractivity contribution in [3.05, 3.63) is 41.7 Å². The van der Waals surface area contributed by atoms with Crippen LogP contribution in [0.2, 0.25) is 0 Å². The zero-order chi connectivity index (χ0) is 15.2. The summed E-state index contributed by atoms with van der Waals surface area (Å²) < 4.78 is 5.49. The fourth-order valence-electron chi connectivity index (χ4n) is 2.11. The van der Waals surface area contributed by atoms with Gasteiger partial charge in [-0.1, -0.05) is 12.1 Å². The van der Waals surface area contributed by atoms with E-state index in [0.29, 0.717) is 18.3 Å². The molecule has 0 atom stereocenters. The second-order valence-corrected chi connectivity index (χ2v) is 4.80. The molecule has 112 valence electrons. The van der Waals surface area contributed by atoms with Crippen LogP contribution in [0.15, 0.2) is 30.3 Å². The number of nitrogens with two attached hydrogens (primary N) is 1. The number of rotatable bonds is 6. The number of hydrogen-bond acceptors (Lipinski definition) is 5. The van der Waals surface area contributed by atoms with Crippen LogP contribution in [-0.2, 0) is 6.54 Å². The SMILES string of the molecule is CCOc1cc(N(CC)Cc2ccc(N)cc2)nc(C)n1. The van der Waals surface area contributed by atoms with Crippen molar-refractivity contribution in [1.29, 1.82) is 0 Å². The minimum atomic E-state index is 0.597. The molecule has 0 radical (unpaired) electrons. The molecule has 0 saturated carbocycles. The third-order valence-corrected chi connectivity index (χ3v) is 3.15. The van der Waals surface area contributed by atoms with E-state index in [-0.39, 0.29) is 0 Å². The van der Waals surface area contributed by atoms with E-state index in [1.165, 1.54) is 5.56 Å². The van der Waals surface area contributed by atoms with E-state index in [2.05, 4.69) is 21.8 Å². The summed E-state index contributed by atoms with van der Waals surface area (Å²) in [5, 5.41) is 0. The van der Waals surface area contributed by atoms with E-state index in [1.807, 2.05) is 44.2 Å². The summed E-state index contributed by atoms with van der Waals surface area (Å²) in [5.41, 5.74) is 7.69. The van der Waals surface area contributed by atoms with Gasteiger partial charge in [-0.15, -0.1) is 0 Å². The van der Waals surface area contributed by atoms with Crippen LogP contribution in [0.1, 0.15) is 25.2 Å². The summed E-state index contributed by atoms with van der Waals surface area (Å²) in [4.78, 5) is 11.0. The molecular formula is C16H22N4O. The number of benzene rings is 1. The van der Waals surface area contributed by atoms with Crippen molar-refractivity contribution < 1.29 is 4.74 Å². The number of nitrogens with zero attached hydrogens (tertiary/aromatic N) is 3. The van der Waals surface area contributed by atoms with Gasteiger partial charge in [-0.3, -0.25) is 0 Å². The van der Waals surface area contributed by atoms with Gasteiger partial charge < -0.3 is 15.4 Å². The van der Waals surface area contributed by atoms with Gasteiger partial charge in [0.25, 0.3) is 0 Å². The molecule has 1 aromatic carbocycles. The van der Waals surface area contributed by atoms with Gasteiger partial charge in [0, 0.05) is 24.8 Å². The van der Waals surface area contributed by atoms with Crippen LogP contribution in [0.5, 0.6) is 5.88 Å². The number of nitrogen functional groups attached to an aromatic ring is 1. The van der Waals surface area contributed by atoms with Crippen LogP contribution in [0.25, 0.3) is 0 Å². The maximum absolute atomic E-state index is 5.72. The van der Waals surface area contributed by atoms with Gasteiger partial charge in [0.1, 0.15) is 11.6 Å². The van der Waals surface area contributed by atoms with Crippen molar-refractivity contribution in [2.24, 2.45) is 0 Å². The summed E-state index contributed by atoms with van der Waals surface area (Å²) >= 11 is 0. The third kappa shape index (κ3) is 4.08. The Hall–Kier alpha value is -2.30. The van der Waals surface area contributed by atoms with Gasteiger partial charge in [-0.05, 0) is 38.5 Å². The third-order valence-electron chi connectivity index (χ3n) is 3.15. The molecule has 1 aromatic heterocycles. The molecule has 2 N–H and O–H groups in total. The Morgan fingerprint density at radius 2 is 1.86 bits per heavy atom.